The van der Waals surface area contributed by atoms with Crippen LogP contribution in [0.15, 0.2) is 29.4 Å². The third kappa shape index (κ3) is 2.43. The van der Waals surface area contributed by atoms with E-state index in [2.05, 4.69) is 4.98 Å². The molecule has 0 unspecified atom stereocenters. The first-order valence-electron chi connectivity index (χ1n) is 6.75. The Morgan fingerprint density at radius 2 is 2.05 bits per heavy atom. The fourth-order valence-electron chi connectivity index (χ4n) is 2.54. The maximum atomic E-state index is 12.7. The van der Waals surface area contributed by atoms with Crippen molar-refractivity contribution in [1.82, 2.24) is 13.9 Å². The number of nitrogens with two attached hydrogens (primary N) is 1. The SMILES string of the molecule is Cc1nc(S(=O)(=O)N2CCc3ccc(N)cc3C2)cn1C. The topological polar surface area (TPSA) is 81.2 Å². The van der Waals surface area contributed by atoms with E-state index in [1.54, 1.807) is 24.7 Å². The highest BCUT2D eigenvalue weighted by Crippen LogP contribution is 2.25. The van der Waals surface area contributed by atoms with Crippen molar-refractivity contribution in [3.05, 3.63) is 41.3 Å². The van der Waals surface area contributed by atoms with E-state index in [9.17, 15) is 8.42 Å². The number of anilines is 1. The van der Waals surface area contributed by atoms with Gasteiger partial charge in [-0.2, -0.15) is 4.31 Å². The molecule has 0 atom stereocenters. The Bertz CT molecular complexity index is 776. The molecular weight excluding hydrogens is 288 g/mol. The van der Waals surface area contributed by atoms with Crippen LogP contribution in [0, 0.1) is 6.92 Å². The zero-order valence-electron chi connectivity index (χ0n) is 12.1. The number of fused-ring (bicyclic) bond motifs is 1. The molecule has 0 bridgehead atoms. The summed E-state index contributed by atoms with van der Waals surface area (Å²) >= 11 is 0. The first kappa shape index (κ1) is 14.1. The first-order valence-corrected chi connectivity index (χ1v) is 8.19. The molecule has 2 N–H and O–H groups in total. The number of imidazole rings is 1. The molecule has 1 aliphatic heterocycles. The maximum absolute atomic E-state index is 12.7. The predicted molar refractivity (Wildman–Crippen MR) is 80.1 cm³/mol. The monoisotopic (exact) mass is 306 g/mol. The van der Waals surface area contributed by atoms with E-state index < -0.39 is 10.0 Å². The normalized spacial score (nSPS) is 15.9. The molecule has 1 aromatic heterocycles. The summed E-state index contributed by atoms with van der Waals surface area (Å²) in [6, 6.07) is 5.67. The highest BCUT2D eigenvalue weighted by Gasteiger charge is 2.30. The Hall–Kier alpha value is -1.86. The second kappa shape index (κ2) is 4.85. The minimum Gasteiger partial charge on any atom is -0.399 e. The van der Waals surface area contributed by atoms with Gasteiger partial charge in [-0.15, -0.1) is 0 Å². The third-order valence-electron chi connectivity index (χ3n) is 3.90. The molecule has 0 spiro atoms. The van der Waals surface area contributed by atoms with Crippen LogP contribution in [-0.2, 0) is 30.0 Å². The molecule has 1 aliphatic rings. The molecule has 0 aliphatic carbocycles. The quantitative estimate of drug-likeness (QED) is 0.841. The fraction of sp³-hybridized carbons (Fsp3) is 0.357. The van der Waals surface area contributed by atoms with E-state index in [0.717, 1.165) is 11.1 Å². The van der Waals surface area contributed by atoms with Crippen molar-refractivity contribution in [2.45, 2.75) is 24.9 Å². The molecule has 2 aromatic rings. The smallest absolute Gasteiger partial charge is 0.262 e. The van der Waals surface area contributed by atoms with Crippen LogP contribution in [-0.4, -0.2) is 28.8 Å². The molecule has 0 amide bonds. The predicted octanol–water partition coefficient (Wildman–Crippen LogP) is 1.06. The van der Waals surface area contributed by atoms with Crippen LogP contribution in [0.1, 0.15) is 17.0 Å². The van der Waals surface area contributed by atoms with Crippen molar-refractivity contribution in [2.24, 2.45) is 7.05 Å². The summed E-state index contributed by atoms with van der Waals surface area (Å²) in [5.41, 5.74) is 8.57. The summed E-state index contributed by atoms with van der Waals surface area (Å²) in [6.07, 6.45) is 2.25. The molecular formula is C14H18N4O2S. The van der Waals surface area contributed by atoms with Gasteiger partial charge < -0.3 is 10.3 Å². The number of hydrogen-bond acceptors (Lipinski definition) is 4. The van der Waals surface area contributed by atoms with Crippen LogP contribution >= 0.6 is 0 Å². The van der Waals surface area contributed by atoms with E-state index in [-0.39, 0.29) is 5.03 Å². The van der Waals surface area contributed by atoms with Gasteiger partial charge in [0.25, 0.3) is 10.0 Å². The second-order valence-corrected chi connectivity index (χ2v) is 7.24. The van der Waals surface area contributed by atoms with Gasteiger partial charge in [-0.05, 0) is 36.6 Å². The summed E-state index contributed by atoms with van der Waals surface area (Å²) in [6.45, 7) is 2.60. The van der Waals surface area contributed by atoms with Crippen molar-refractivity contribution in [3.63, 3.8) is 0 Å². The molecule has 3 rings (SSSR count). The van der Waals surface area contributed by atoms with Crippen LogP contribution in [0.5, 0.6) is 0 Å². The molecule has 0 saturated heterocycles. The highest BCUT2D eigenvalue weighted by molar-refractivity contribution is 7.89. The number of sulfonamides is 1. The molecule has 1 aromatic carbocycles. The van der Waals surface area contributed by atoms with Crippen LogP contribution in [0.3, 0.4) is 0 Å². The summed E-state index contributed by atoms with van der Waals surface area (Å²) in [5.74, 6) is 0.676. The Labute approximate surface area is 124 Å². The molecule has 2 heterocycles. The van der Waals surface area contributed by atoms with Crippen LogP contribution in [0.2, 0.25) is 0 Å². The number of nitrogen functional groups attached to an aromatic ring is 1. The largest absolute Gasteiger partial charge is 0.399 e. The van der Waals surface area contributed by atoms with E-state index in [4.69, 9.17) is 5.73 Å². The van der Waals surface area contributed by atoms with Crippen molar-refractivity contribution >= 4 is 15.7 Å². The van der Waals surface area contributed by atoms with E-state index in [1.807, 2.05) is 18.2 Å². The number of aromatic nitrogens is 2. The molecule has 0 fully saturated rings. The molecule has 7 heteroatoms. The lowest BCUT2D eigenvalue weighted by molar-refractivity contribution is 0.390. The summed E-state index contributed by atoms with van der Waals surface area (Å²) < 4.78 is 28.5. The number of hydrogen-bond donors (Lipinski definition) is 1. The molecule has 0 saturated carbocycles. The average Bonchev–Trinajstić information content (AvgIpc) is 2.78. The first-order chi connectivity index (χ1) is 9.88. The highest BCUT2D eigenvalue weighted by atomic mass is 32.2. The Kier molecular flexibility index (Phi) is 3.26. The van der Waals surface area contributed by atoms with Gasteiger partial charge in [0.15, 0.2) is 5.03 Å². The zero-order valence-corrected chi connectivity index (χ0v) is 12.9. The van der Waals surface area contributed by atoms with Gasteiger partial charge >= 0.3 is 0 Å². The van der Waals surface area contributed by atoms with E-state index in [0.29, 0.717) is 31.0 Å². The Morgan fingerprint density at radius 1 is 1.29 bits per heavy atom. The number of aryl methyl sites for hydroxylation is 2. The number of nitrogens with zero attached hydrogens (tertiary/aromatic N) is 3. The zero-order chi connectivity index (χ0) is 15.2. The van der Waals surface area contributed by atoms with Gasteiger partial charge in [-0.25, -0.2) is 13.4 Å². The van der Waals surface area contributed by atoms with Crippen LogP contribution in [0.4, 0.5) is 5.69 Å². The number of rotatable bonds is 2. The van der Waals surface area contributed by atoms with Crippen molar-refractivity contribution in [2.75, 3.05) is 12.3 Å². The second-order valence-electron chi connectivity index (χ2n) is 5.35. The molecule has 21 heavy (non-hydrogen) atoms. The maximum Gasteiger partial charge on any atom is 0.262 e. The molecule has 6 nitrogen and oxygen atoms in total. The van der Waals surface area contributed by atoms with Crippen molar-refractivity contribution < 1.29 is 8.42 Å². The lowest BCUT2D eigenvalue weighted by Crippen LogP contribution is -2.36. The lowest BCUT2D eigenvalue weighted by Gasteiger charge is -2.27. The standard InChI is InChI=1S/C14H18N4O2S/c1-10-16-14(9-17(10)2)21(19,20)18-6-5-11-3-4-13(15)7-12(11)8-18/h3-4,7,9H,5-6,8,15H2,1-2H3. The van der Waals surface area contributed by atoms with Gasteiger partial charge in [0.2, 0.25) is 0 Å². The van der Waals surface area contributed by atoms with Crippen molar-refractivity contribution in [3.8, 4) is 0 Å². The van der Waals surface area contributed by atoms with Gasteiger partial charge in [0.1, 0.15) is 5.82 Å². The minimum atomic E-state index is -3.56. The van der Waals surface area contributed by atoms with Crippen LogP contribution in [0.25, 0.3) is 0 Å². The van der Waals surface area contributed by atoms with E-state index in [1.165, 1.54) is 4.31 Å². The number of benzene rings is 1. The van der Waals surface area contributed by atoms with Crippen molar-refractivity contribution in [1.29, 1.82) is 0 Å². The summed E-state index contributed by atoms with van der Waals surface area (Å²) in [5, 5.41) is 0.106. The Balaban J connectivity index is 1.94. The average molecular weight is 306 g/mol. The summed E-state index contributed by atoms with van der Waals surface area (Å²) in [4.78, 5) is 4.14. The molecule has 112 valence electrons. The van der Waals surface area contributed by atoms with Gasteiger partial charge in [-0.3, -0.25) is 0 Å². The van der Waals surface area contributed by atoms with Crippen LogP contribution < -0.4 is 5.73 Å². The van der Waals surface area contributed by atoms with Gasteiger partial charge in [0, 0.05) is 32.0 Å². The third-order valence-corrected chi connectivity index (χ3v) is 5.62. The molecule has 0 radical (unpaired) electrons. The minimum absolute atomic E-state index is 0.106. The van der Waals surface area contributed by atoms with E-state index >= 15 is 0 Å². The van der Waals surface area contributed by atoms with Gasteiger partial charge in [-0.1, -0.05) is 6.07 Å². The fourth-order valence-corrected chi connectivity index (χ4v) is 3.98. The lowest BCUT2D eigenvalue weighted by atomic mass is 10.0. The Morgan fingerprint density at radius 3 is 2.71 bits per heavy atom. The summed E-state index contributed by atoms with van der Waals surface area (Å²) in [7, 11) is -1.77. The van der Waals surface area contributed by atoms with Gasteiger partial charge in [0.05, 0.1) is 0 Å².